The minimum atomic E-state index is -0.0975. The number of ether oxygens (including phenoxy) is 1. The summed E-state index contributed by atoms with van der Waals surface area (Å²) in [6, 6.07) is 8.38. The van der Waals surface area contributed by atoms with E-state index in [0.717, 1.165) is 29.6 Å². The van der Waals surface area contributed by atoms with Crippen LogP contribution in [0.2, 0.25) is 0 Å². The Bertz CT molecular complexity index is 786. The maximum atomic E-state index is 6.26. The van der Waals surface area contributed by atoms with E-state index in [1.54, 1.807) is 6.33 Å². The fourth-order valence-electron chi connectivity index (χ4n) is 3.00. The summed E-state index contributed by atoms with van der Waals surface area (Å²) in [6.07, 6.45) is 3.83. The number of benzene rings is 2. The van der Waals surface area contributed by atoms with Gasteiger partial charge in [-0.05, 0) is 26.7 Å². The Kier molecular flexibility index (Phi) is 2.00. The van der Waals surface area contributed by atoms with Crippen molar-refractivity contribution < 1.29 is 4.74 Å². The highest BCUT2D eigenvalue weighted by Crippen LogP contribution is 2.42. The monoisotopic (exact) mass is 252 g/mol. The van der Waals surface area contributed by atoms with Gasteiger partial charge in [0, 0.05) is 16.3 Å². The van der Waals surface area contributed by atoms with E-state index in [9.17, 15) is 0 Å². The molecule has 1 aliphatic rings. The molecule has 3 nitrogen and oxygen atoms in total. The van der Waals surface area contributed by atoms with E-state index >= 15 is 0 Å². The molecule has 0 saturated carbocycles. The van der Waals surface area contributed by atoms with Gasteiger partial charge in [0.05, 0.1) is 17.4 Å². The zero-order valence-corrected chi connectivity index (χ0v) is 11.2. The Morgan fingerprint density at radius 2 is 2.00 bits per heavy atom. The first kappa shape index (κ1) is 10.9. The molecule has 3 heteroatoms. The largest absolute Gasteiger partial charge is 0.487 e. The summed E-state index contributed by atoms with van der Waals surface area (Å²) in [4.78, 5) is 7.76. The van der Waals surface area contributed by atoms with Crippen molar-refractivity contribution in [2.24, 2.45) is 0 Å². The summed E-state index contributed by atoms with van der Waals surface area (Å²) in [5.74, 6) is 1.02. The van der Waals surface area contributed by atoms with Crippen molar-refractivity contribution in [3.63, 3.8) is 0 Å². The molecule has 0 atom stereocenters. The van der Waals surface area contributed by atoms with Crippen LogP contribution in [-0.2, 0) is 6.42 Å². The Hall–Kier alpha value is -2.03. The molecular weight excluding hydrogens is 236 g/mol. The van der Waals surface area contributed by atoms with E-state index in [-0.39, 0.29) is 5.60 Å². The van der Waals surface area contributed by atoms with Crippen LogP contribution >= 0.6 is 0 Å². The summed E-state index contributed by atoms with van der Waals surface area (Å²) in [7, 11) is 0. The van der Waals surface area contributed by atoms with Crippen LogP contribution in [0.3, 0.4) is 0 Å². The molecule has 0 fully saturated rings. The van der Waals surface area contributed by atoms with Crippen LogP contribution in [0.5, 0.6) is 5.75 Å². The maximum Gasteiger partial charge on any atom is 0.133 e. The van der Waals surface area contributed by atoms with E-state index < -0.39 is 0 Å². The molecule has 2 aromatic carbocycles. The maximum absolute atomic E-state index is 6.26. The first-order valence-electron chi connectivity index (χ1n) is 6.71. The fraction of sp³-hybridized carbons (Fsp3) is 0.312. The Balaban J connectivity index is 2.17. The number of fused-ring (bicyclic) bond motifs is 6. The van der Waals surface area contributed by atoms with E-state index in [0.29, 0.717) is 0 Å². The van der Waals surface area contributed by atoms with Gasteiger partial charge in [0.1, 0.15) is 11.4 Å². The van der Waals surface area contributed by atoms with Crippen LogP contribution in [0.4, 0.5) is 0 Å². The molecule has 1 N–H and O–H groups in total. The molecule has 0 amide bonds. The third kappa shape index (κ3) is 1.47. The van der Waals surface area contributed by atoms with Gasteiger partial charge in [-0.3, -0.25) is 0 Å². The lowest BCUT2D eigenvalue weighted by molar-refractivity contribution is 0.0873. The second-order valence-electron chi connectivity index (χ2n) is 5.84. The van der Waals surface area contributed by atoms with E-state index in [1.807, 2.05) is 0 Å². The van der Waals surface area contributed by atoms with Crippen LogP contribution in [0.1, 0.15) is 25.8 Å². The topological polar surface area (TPSA) is 37.9 Å². The second-order valence-corrected chi connectivity index (χ2v) is 5.84. The van der Waals surface area contributed by atoms with Gasteiger partial charge < -0.3 is 9.72 Å². The Morgan fingerprint density at radius 1 is 1.21 bits per heavy atom. The number of rotatable bonds is 0. The summed E-state index contributed by atoms with van der Waals surface area (Å²) < 4.78 is 6.26. The van der Waals surface area contributed by atoms with Gasteiger partial charge in [-0.15, -0.1) is 0 Å². The van der Waals surface area contributed by atoms with Crippen LogP contribution < -0.4 is 4.74 Å². The van der Waals surface area contributed by atoms with Gasteiger partial charge in [-0.25, -0.2) is 4.98 Å². The van der Waals surface area contributed by atoms with Gasteiger partial charge in [0.15, 0.2) is 0 Å². The van der Waals surface area contributed by atoms with Crippen LogP contribution in [0.25, 0.3) is 21.8 Å². The van der Waals surface area contributed by atoms with E-state index in [4.69, 9.17) is 4.74 Å². The number of aryl methyl sites for hydroxylation is 1. The molecule has 0 aliphatic carbocycles. The molecule has 0 saturated heterocycles. The molecule has 2 heterocycles. The number of nitrogens with one attached hydrogen (secondary N) is 1. The average molecular weight is 252 g/mol. The smallest absolute Gasteiger partial charge is 0.133 e. The fourth-order valence-corrected chi connectivity index (χ4v) is 3.00. The lowest BCUT2D eigenvalue weighted by Gasteiger charge is -2.33. The zero-order chi connectivity index (χ0) is 13.0. The molecule has 0 radical (unpaired) electrons. The predicted octanol–water partition coefficient (Wildman–Crippen LogP) is 3.82. The van der Waals surface area contributed by atoms with Crippen molar-refractivity contribution in [2.75, 3.05) is 0 Å². The number of aromatic nitrogens is 2. The minimum absolute atomic E-state index is 0.0975. The molecule has 0 spiro atoms. The van der Waals surface area contributed by atoms with Gasteiger partial charge >= 0.3 is 0 Å². The summed E-state index contributed by atoms with van der Waals surface area (Å²) in [5, 5.41) is 2.37. The highest BCUT2D eigenvalue weighted by Gasteiger charge is 2.30. The molecular formula is C16H16N2O. The van der Waals surface area contributed by atoms with Crippen LogP contribution in [0, 0.1) is 0 Å². The molecule has 0 bridgehead atoms. The number of imidazole rings is 1. The van der Waals surface area contributed by atoms with Crippen molar-refractivity contribution in [1.29, 1.82) is 0 Å². The van der Waals surface area contributed by atoms with Gasteiger partial charge in [-0.2, -0.15) is 0 Å². The molecule has 19 heavy (non-hydrogen) atoms. The van der Waals surface area contributed by atoms with E-state index in [1.165, 1.54) is 16.3 Å². The summed E-state index contributed by atoms with van der Waals surface area (Å²) >= 11 is 0. The SMILES string of the molecule is CC1(C)CCc2c(c3ccccc3c3[nH]cnc23)O1. The quantitative estimate of drug-likeness (QED) is 0.660. The second kappa shape index (κ2) is 3.50. The van der Waals surface area contributed by atoms with Gasteiger partial charge in [0.25, 0.3) is 0 Å². The van der Waals surface area contributed by atoms with Crippen molar-refractivity contribution in [3.05, 3.63) is 36.2 Å². The predicted molar refractivity (Wildman–Crippen MR) is 76.6 cm³/mol. The molecule has 96 valence electrons. The van der Waals surface area contributed by atoms with Gasteiger partial charge in [0.2, 0.25) is 0 Å². The lowest BCUT2D eigenvalue weighted by atomic mass is 9.91. The molecule has 0 unspecified atom stereocenters. The molecule has 4 rings (SSSR count). The van der Waals surface area contributed by atoms with Crippen molar-refractivity contribution in [3.8, 4) is 5.75 Å². The number of hydrogen-bond acceptors (Lipinski definition) is 2. The average Bonchev–Trinajstić information content (AvgIpc) is 2.87. The highest BCUT2D eigenvalue weighted by atomic mass is 16.5. The number of H-pyrrole nitrogens is 1. The van der Waals surface area contributed by atoms with Crippen molar-refractivity contribution in [2.45, 2.75) is 32.3 Å². The van der Waals surface area contributed by atoms with Crippen LogP contribution in [-0.4, -0.2) is 15.6 Å². The first-order valence-corrected chi connectivity index (χ1v) is 6.71. The standard InChI is InChI=1S/C16H16N2O/c1-16(2)8-7-12-14-13(17-9-18-14)10-5-3-4-6-11(10)15(12)19-16/h3-6,9H,7-8H2,1-2H3,(H,17,18). The summed E-state index contributed by atoms with van der Waals surface area (Å²) in [6.45, 7) is 4.30. The summed E-state index contributed by atoms with van der Waals surface area (Å²) in [5.41, 5.74) is 3.33. The Morgan fingerprint density at radius 3 is 2.84 bits per heavy atom. The Labute approximate surface area is 111 Å². The molecule has 3 aromatic rings. The number of aromatic amines is 1. The lowest BCUT2D eigenvalue weighted by Crippen LogP contribution is -2.32. The molecule has 1 aliphatic heterocycles. The van der Waals surface area contributed by atoms with E-state index in [2.05, 4.69) is 48.1 Å². The van der Waals surface area contributed by atoms with Crippen molar-refractivity contribution in [1.82, 2.24) is 9.97 Å². The van der Waals surface area contributed by atoms with Gasteiger partial charge in [-0.1, -0.05) is 24.3 Å². The van der Waals surface area contributed by atoms with Crippen LogP contribution in [0.15, 0.2) is 30.6 Å². The normalized spacial score (nSPS) is 17.4. The minimum Gasteiger partial charge on any atom is -0.487 e. The zero-order valence-electron chi connectivity index (χ0n) is 11.2. The first-order chi connectivity index (χ1) is 9.16. The number of nitrogens with zero attached hydrogens (tertiary/aromatic N) is 1. The third-order valence-corrected chi connectivity index (χ3v) is 4.00. The highest BCUT2D eigenvalue weighted by molar-refractivity contribution is 6.09. The number of hydrogen-bond donors (Lipinski definition) is 1. The van der Waals surface area contributed by atoms with Crippen molar-refractivity contribution >= 4 is 21.8 Å². The molecule has 1 aromatic heterocycles. The third-order valence-electron chi connectivity index (χ3n) is 4.00.